The summed E-state index contributed by atoms with van der Waals surface area (Å²) >= 11 is 8.37. The zero-order chi connectivity index (χ0) is 19.9. The standard InChI is InChI=1S/C15H14ClN7O3S2/c1-2-26-14(25)20-13-21-22-15(28-13)27-6-12(24)19-10-5-9(16)3-4-11(10)23-8-17-7-18-23/h3-5,7-8H,2,6H2,1H3,(H,19,24)(H,20,21,25). The molecule has 2 amide bonds. The van der Waals surface area contributed by atoms with Gasteiger partial charge in [-0.3, -0.25) is 10.1 Å². The van der Waals surface area contributed by atoms with Crippen LogP contribution >= 0.6 is 34.7 Å². The molecule has 0 aliphatic carbocycles. The minimum absolute atomic E-state index is 0.0946. The molecule has 0 saturated carbocycles. The van der Waals surface area contributed by atoms with E-state index in [1.54, 1.807) is 25.1 Å². The summed E-state index contributed by atoms with van der Waals surface area (Å²) in [5.41, 5.74) is 1.14. The van der Waals surface area contributed by atoms with Crippen LogP contribution in [0.1, 0.15) is 6.92 Å². The number of hydrogen-bond donors (Lipinski definition) is 2. The molecule has 0 saturated heterocycles. The summed E-state index contributed by atoms with van der Waals surface area (Å²) in [4.78, 5) is 27.6. The fourth-order valence-corrected chi connectivity index (χ4v) is 3.74. The van der Waals surface area contributed by atoms with E-state index in [0.29, 0.717) is 25.9 Å². The molecular formula is C15H14ClN7O3S2. The van der Waals surface area contributed by atoms with Crippen LogP contribution in [0.25, 0.3) is 5.69 Å². The van der Waals surface area contributed by atoms with E-state index < -0.39 is 6.09 Å². The van der Waals surface area contributed by atoms with Gasteiger partial charge in [-0.25, -0.2) is 14.5 Å². The summed E-state index contributed by atoms with van der Waals surface area (Å²) in [6, 6.07) is 5.06. The number of anilines is 2. The first-order valence-electron chi connectivity index (χ1n) is 7.89. The summed E-state index contributed by atoms with van der Waals surface area (Å²) < 4.78 is 6.82. The van der Waals surface area contributed by atoms with E-state index >= 15 is 0 Å². The summed E-state index contributed by atoms with van der Waals surface area (Å²) in [5, 5.41) is 17.8. The number of carbonyl (C=O) groups excluding carboxylic acids is 2. The van der Waals surface area contributed by atoms with Crippen LogP contribution in [-0.4, -0.2) is 49.3 Å². The van der Waals surface area contributed by atoms with Crippen molar-refractivity contribution in [3.63, 3.8) is 0 Å². The van der Waals surface area contributed by atoms with Crippen LogP contribution in [0.3, 0.4) is 0 Å². The monoisotopic (exact) mass is 439 g/mol. The lowest BCUT2D eigenvalue weighted by atomic mass is 10.2. The molecule has 3 rings (SSSR count). The normalized spacial score (nSPS) is 10.5. The van der Waals surface area contributed by atoms with Gasteiger partial charge in [0, 0.05) is 5.02 Å². The Kier molecular flexibility index (Phi) is 6.79. The molecule has 2 N–H and O–H groups in total. The molecule has 0 fully saturated rings. The topological polar surface area (TPSA) is 124 Å². The quantitative estimate of drug-likeness (QED) is 0.425. The van der Waals surface area contributed by atoms with Crippen LogP contribution in [0.15, 0.2) is 35.2 Å². The smallest absolute Gasteiger partial charge is 0.413 e. The number of ether oxygens (including phenoxy) is 1. The summed E-state index contributed by atoms with van der Waals surface area (Å²) in [6.45, 7) is 1.96. The predicted octanol–water partition coefficient (Wildman–Crippen LogP) is 3.07. The van der Waals surface area contributed by atoms with Crippen molar-refractivity contribution in [1.82, 2.24) is 25.0 Å². The molecule has 0 aliphatic rings. The number of hydrogen-bond acceptors (Lipinski definition) is 9. The third-order valence-electron chi connectivity index (χ3n) is 3.12. The first-order valence-corrected chi connectivity index (χ1v) is 10.1. The van der Waals surface area contributed by atoms with E-state index in [2.05, 4.69) is 30.9 Å². The van der Waals surface area contributed by atoms with Crippen LogP contribution in [-0.2, 0) is 9.53 Å². The fourth-order valence-electron chi connectivity index (χ4n) is 2.03. The van der Waals surface area contributed by atoms with Crippen molar-refractivity contribution in [1.29, 1.82) is 0 Å². The number of amides is 2. The highest BCUT2D eigenvalue weighted by Crippen LogP contribution is 2.27. The van der Waals surface area contributed by atoms with Gasteiger partial charge in [0.25, 0.3) is 0 Å². The Morgan fingerprint density at radius 1 is 1.32 bits per heavy atom. The molecule has 0 bridgehead atoms. The van der Waals surface area contributed by atoms with E-state index in [-0.39, 0.29) is 18.3 Å². The van der Waals surface area contributed by atoms with E-state index in [9.17, 15) is 9.59 Å². The van der Waals surface area contributed by atoms with E-state index in [0.717, 1.165) is 11.3 Å². The Morgan fingerprint density at radius 2 is 2.18 bits per heavy atom. The number of thioether (sulfide) groups is 1. The SMILES string of the molecule is CCOC(=O)Nc1nnc(SCC(=O)Nc2cc(Cl)ccc2-n2cncn2)s1. The van der Waals surface area contributed by atoms with Crippen molar-refractivity contribution in [2.75, 3.05) is 23.0 Å². The Morgan fingerprint density at radius 3 is 2.93 bits per heavy atom. The zero-order valence-electron chi connectivity index (χ0n) is 14.5. The van der Waals surface area contributed by atoms with Gasteiger partial charge >= 0.3 is 6.09 Å². The third-order valence-corrected chi connectivity index (χ3v) is 5.32. The molecule has 28 heavy (non-hydrogen) atoms. The van der Waals surface area contributed by atoms with Gasteiger partial charge in [-0.05, 0) is 25.1 Å². The van der Waals surface area contributed by atoms with E-state index in [1.165, 1.54) is 29.1 Å². The number of halogens is 1. The van der Waals surface area contributed by atoms with Crippen molar-refractivity contribution < 1.29 is 14.3 Å². The second kappa shape index (κ2) is 9.48. The molecule has 0 aliphatic heterocycles. The van der Waals surface area contributed by atoms with Crippen LogP contribution in [0.4, 0.5) is 15.6 Å². The third kappa shape index (κ3) is 5.41. The molecule has 0 unspecified atom stereocenters. The second-order valence-corrected chi connectivity index (χ2v) is 7.69. The Bertz CT molecular complexity index is 964. The number of rotatable bonds is 7. The molecule has 0 spiro atoms. The van der Waals surface area contributed by atoms with Crippen molar-refractivity contribution >= 4 is 57.5 Å². The number of nitrogens with zero attached hydrogens (tertiary/aromatic N) is 5. The molecule has 146 valence electrons. The molecule has 10 nitrogen and oxygen atoms in total. The van der Waals surface area contributed by atoms with Crippen molar-refractivity contribution in [3.8, 4) is 5.69 Å². The van der Waals surface area contributed by atoms with Gasteiger partial charge in [0.2, 0.25) is 11.0 Å². The fraction of sp³-hybridized carbons (Fsp3) is 0.200. The Hall–Kier alpha value is -2.70. The van der Waals surface area contributed by atoms with Gasteiger partial charge in [0.05, 0.1) is 23.7 Å². The maximum absolute atomic E-state index is 12.3. The highest BCUT2D eigenvalue weighted by Gasteiger charge is 2.13. The average Bonchev–Trinajstić information content (AvgIpc) is 3.32. The van der Waals surface area contributed by atoms with Crippen LogP contribution in [0.5, 0.6) is 0 Å². The van der Waals surface area contributed by atoms with Gasteiger partial charge in [0.15, 0.2) is 4.34 Å². The Labute approximate surface area is 172 Å². The Balaban J connectivity index is 1.59. The van der Waals surface area contributed by atoms with E-state index in [1.807, 2.05) is 0 Å². The lowest BCUT2D eigenvalue weighted by Crippen LogP contribution is -2.16. The maximum atomic E-state index is 12.3. The van der Waals surface area contributed by atoms with Gasteiger partial charge in [-0.2, -0.15) is 5.10 Å². The van der Waals surface area contributed by atoms with E-state index in [4.69, 9.17) is 16.3 Å². The molecule has 0 atom stereocenters. The highest BCUT2D eigenvalue weighted by molar-refractivity contribution is 8.01. The molecule has 2 heterocycles. The summed E-state index contributed by atoms with van der Waals surface area (Å²) in [5.74, 6) is -0.166. The number of carbonyl (C=O) groups is 2. The molecule has 1 aromatic carbocycles. The first-order chi connectivity index (χ1) is 13.5. The predicted molar refractivity (Wildman–Crippen MR) is 106 cm³/mol. The van der Waals surface area contributed by atoms with Crippen molar-refractivity contribution in [2.24, 2.45) is 0 Å². The van der Waals surface area contributed by atoms with Crippen LogP contribution < -0.4 is 10.6 Å². The minimum Gasteiger partial charge on any atom is -0.450 e. The van der Waals surface area contributed by atoms with Gasteiger partial charge in [-0.1, -0.05) is 34.7 Å². The summed E-state index contributed by atoms with van der Waals surface area (Å²) in [7, 11) is 0. The lowest BCUT2D eigenvalue weighted by molar-refractivity contribution is -0.113. The van der Waals surface area contributed by atoms with Gasteiger partial charge in [-0.15, -0.1) is 10.2 Å². The molecule has 13 heteroatoms. The van der Waals surface area contributed by atoms with Gasteiger partial charge < -0.3 is 10.1 Å². The molecule has 2 aromatic heterocycles. The van der Waals surface area contributed by atoms with Crippen molar-refractivity contribution in [2.45, 2.75) is 11.3 Å². The van der Waals surface area contributed by atoms with Crippen molar-refractivity contribution in [3.05, 3.63) is 35.9 Å². The first kappa shape index (κ1) is 20.0. The minimum atomic E-state index is -0.602. The summed E-state index contributed by atoms with van der Waals surface area (Å²) in [6.07, 6.45) is 2.31. The molecule has 3 aromatic rings. The zero-order valence-corrected chi connectivity index (χ0v) is 16.8. The highest BCUT2D eigenvalue weighted by atomic mass is 35.5. The number of aromatic nitrogens is 5. The van der Waals surface area contributed by atoms with Gasteiger partial charge in [0.1, 0.15) is 12.7 Å². The molecule has 0 radical (unpaired) electrons. The second-order valence-electron chi connectivity index (χ2n) is 5.06. The van der Waals surface area contributed by atoms with Crippen LogP contribution in [0.2, 0.25) is 5.02 Å². The average molecular weight is 440 g/mol. The maximum Gasteiger partial charge on any atom is 0.413 e. The largest absolute Gasteiger partial charge is 0.450 e. The number of benzene rings is 1. The molecular weight excluding hydrogens is 426 g/mol. The number of nitrogens with one attached hydrogen (secondary N) is 2. The lowest BCUT2D eigenvalue weighted by Gasteiger charge is -2.11. The van der Waals surface area contributed by atoms with Crippen LogP contribution in [0, 0.1) is 0 Å².